The number of nitrogen functional groups attached to an aromatic ring is 1. The summed E-state index contributed by atoms with van der Waals surface area (Å²) < 4.78 is 5.35. The third kappa shape index (κ3) is 6.59. The number of morpholine rings is 1. The van der Waals surface area contributed by atoms with Gasteiger partial charge in [0.25, 0.3) is 0 Å². The molecule has 1 aliphatic heterocycles. The van der Waals surface area contributed by atoms with Crippen molar-refractivity contribution >= 4 is 36.3 Å². The molecule has 0 amide bonds. The molecule has 7 nitrogen and oxygen atoms in total. The Hall–Kier alpha value is -1.64. The minimum Gasteiger partial charge on any atom is -0.412 e. The topological polar surface area (TPSA) is 108 Å². The summed E-state index contributed by atoms with van der Waals surface area (Å²) >= 11 is 0. The number of aromatic nitrogens is 2. The van der Waals surface area contributed by atoms with Gasteiger partial charge >= 0.3 is 0 Å². The Bertz CT molecular complexity index is 652. The minimum atomic E-state index is 0. The number of hydrogen-bond donors (Lipinski definition) is 2. The molecule has 0 saturated carbocycles. The molecular formula is C17H27Cl2N5O2. The van der Waals surface area contributed by atoms with Gasteiger partial charge in [-0.3, -0.25) is 4.90 Å². The highest BCUT2D eigenvalue weighted by atomic mass is 35.5. The monoisotopic (exact) mass is 403 g/mol. The lowest BCUT2D eigenvalue weighted by Crippen LogP contribution is -2.39. The first-order valence-electron chi connectivity index (χ1n) is 7.96. The number of anilines is 2. The van der Waals surface area contributed by atoms with Crippen molar-refractivity contribution in [3.05, 3.63) is 35.9 Å². The number of hydrogen-bond acceptors (Lipinski definition) is 6. The van der Waals surface area contributed by atoms with Crippen LogP contribution in [0.3, 0.4) is 0 Å². The molecule has 0 bridgehead atoms. The zero-order valence-electron chi connectivity index (χ0n) is 14.8. The number of benzene rings is 1. The maximum Gasteiger partial charge on any atom is 0.151 e. The Morgan fingerprint density at radius 1 is 1.12 bits per heavy atom. The Balaban J connectivity index is 0.00000208. The second kappa shape index (κ2) is 11.9. The van der Waals surface area contributed by atoms with E-state index in [1.807, 2.05) is 31.2 Å². The standard InChI is InChI=1S/C17H23N5O.2ClH.H2O/c1-13-12-16(14-2-4-15(18)5-3-14)20-21-17(13)19-6-7-22-8-10-23-11-9-22;;;/h2-5,12H,6-11,18H2,1H3,(H,19,21);2*1H;1H2. The van der Waals surface area contributed by atoms with Crippen molar-refractivity contribution in [2.75, 3.05) is 50.4 Å². The normalized spacial score (nSPS) is 13.7. The van der Waals surface area contributed by atoms with Crippen molar-refractivity contribution in [1.29, 1.82) is 0 Å². The van der Waals surface area contributed by atoms with Gasteiger partial charge in [0.15, 0.2) is 5.82 Å². The van der Waals surface area contributed by atoms with Crippen LogP contribution in [-0.2, 0) is 4.74 Å². The van der Waals surface area contributed by atoms with E-state index in [2.05, 4.69) is 26.5 Å². The van der Waals surface area contributed by atoms with Crippen LogP contribution in [0.4, 0.5) is 11.5 Å². The SMILES string of the molecule is Cc1cc(-c2ccc(N)cc2)nnc1NCCN1CCOCC1.Cl.Cl.O. The molecule has 0 atom stereocenters. The van der Waals surface area contributed by atoms with E-state index >= 15 is 0 Å². The van der Waals surface area contributed by atoms with E-state index in [0.29, 0.717) is 0 Å². The third-order valence-corrected chi connectivity index (χ3v) is 4.02. The minimum absolute atomic E-state index is 0. The number of rotatable bonds is 5. The Labute approximate surface area is 166 Å². The fraction of sp³-hybridized carbons (Fsp3) is 0.412. The van der Waals surface area contributed by atoms with Crippen LogP contribution in [0.1, 0.15) is 5.56 Å². The fourth-order valence-corrected chi connectivity index (χ4v) is 2.61. The Morgan fingerprint density at radius 3 is 2.38 bits per heavy atom. The lowest BCUT2D eigenvalue weighted by molar-refractivity contribution is 0.0398. The van der Waals surface area contributed by atoms with Crippen LogP contribution in [0, 0.1) is 6.92 Å². The van der Waals surface area contributed by atoms with Crippen molar-refractivity contribution in [2.24, 2.45) is 0 Å². The van der Waals surface area contributed by atoms with Gasteiger partial charge in [0, 0.05) is 37.4 Å². The molecule has 0 radical (unpaired) electrons. The molecule has 1 aliphatic rings. The van der Waals surface area contributed by atoms with E-state index in [1.54, 1.807) is 0 Å². The molecule has 146 valence electrons. The zero-order valence-corrected chi connectivity index (χ0v) is 16.4. The smallest absolute Gasteiger partial charge is 0.151 e. The largest absolute Gasteiger partial charge is 0.412 e. The van der Waals surface area contributed by atoms with Crippen molar-refractivity contribution < 1.29 is 10.2 Å². The van der Waals surface area contributed by atoms with Gasteiger partial charge in [0.05, 0.1) is 18.9 Å². The summed E-state index contributed by atoms with van der Waals surface area (Å²) in [4.78, 5) is 2.39. The first-order valence-corrected chi connectivity index (χ1v) is 7.96. The highest BCUT2D eigenvalue weighted by Crippen LogP contribution is 2.21. The van der Waals surface area contributed by atoms with E-state index in [0.717, 1.165) is 67.7 Å². The first-order chi connectivity index (χ1) is 11.2. The molecule has 1 aromatic carbocycles. The molecule has 2 heterocycles. The molecule has 0 unspecified atom stereocenters. The Kier molecular flexibility index (Phi) is 11.1. The van der Waals surface area contributed by atoms with Gasteiger partial charge < -0.3 is 21.3 Å². The molecule has 1 saturated heterocycles. The molecular weight excluding hydrogens is 377 g/mol. The maximum atomic E-state index is 5.72. The summed E-state index contributed by atoms with van der Waals surface area (Å²) in [6, 6.07) is 9.73. The van der Waals surface area contributed by atoms with Gasteiger partial charge in [0.1, 0.15) is 0 Å². The predicted octanol–water partition coefficient (Wildman–Crippen LogP) is 1.80. The molecule has 5 N–H and O–H groups in total. The summed E-state index contributed by atoms with van der Waals surface area (Å²) in [5.74, 6) is 0.845. The van der Waals surface area contributed by atoms with Crippen LogP contribution < -0.4 is 11.1 Å². The van der Waals surface area contributed by atoms with Gasteiger partial charge in [-0.25, -0.2) is 0 Å². The van der Waals surface area contributed by atoms with Gasteiger partial charge in [-0.1, -0.05) is 12.1 Å². The molecule has 0 aliphatic carbocycles. The van der Waals surface area contributed by atoms with Crippen LogP contribution in [0.25, 0.3) is 11.3 Å². The second-order valence-electron chi connectivity index (χ2n) is 5.76. The predicted molar refractivity (Wildman–Crippen MR) is 110 cm³/mol. The van der Waals surface area contributed by atoms with Crippen LogP contribution in [0.5, 0.6) is 0 Å². The van der Waals surface area contributed by atoms with Crippen LogP contribution in [0.2, 0.25) is 0 Å². The summed E-state index contributed by atoms with van der Waals surface area (Å²) in [5.41, 5.74) is 9.44. The van der Waals surface area contributed by atoms with Crippen LogP contribution in [-0.4, -0.2) is 60.0 Å². The molecule has 0 spiro atoms. The van der Waals surface area contributed by atoms with Gasteiger partial charge in [0.2, 0.25) is 0 Å². The number of aryl methyl sites for hydroxylation is 1. The summed E-state index contributed by atoms with van der Waals surface area (Å²) in [5, 5.41) is 12.0. The van der Waals surface area contributed by atoms with E-state index in [4.69, 9.17) is 10.5 Å². The average Bonchev–Trinajstić information content (AvgIpc) is 2.58. The van der Waals surface area contributed by atoms with E-state index in [-0.39, 0.29) is 30.3 Å². The zero-order chi connectivity index (χ0) is 16.1. The van der Waals surface area contributed by atoms with E-state index in [9.17, 15) is 0 Å². The Morgan fingerprint density at radius 2 is 1.77 bits per heavy atom. The molecule has 2 aromatic rings. The summed E-state index contributed by atoms with van der Waals surface area (Å²) in [6.45, 7) is 7.56. The average molecular weight is 404 g/mol. The van der Waals surface area contributed by atoms with E-state index in [1.165, 1.54) is 0 Å². The fourth-order valence-electron chi connectivity index (χ4n) is 2.61. The molecule has 26 heavy (non-hydrogen) atoms. The highest BCUT2D eigenvalue weighted by molar-refractivity contribution is 5.85. The molecule has 1 aromatic heterocycles. The lowest BCUT2D eigenvalue weighted by Gasteiger charge is -2.26. The number of nitrogens with one attached hydrogen (secondary N) is 1. The number of ether oxygens (including phenoxy) is 1. The number of halogens is 2. The lowest BCUT2D eigenvalue weighted by atomic mass is 10.1. The number of nitrogens with zero attached hydrogens (tertiary/aromatic N) is 3. The maximum absolute atomic E-state index is 5.72. The summed E-state index contributed by atoms with van der Waals surface area (Å²) in [7, 11) is 0. The van der Waals surface area contributed by atoms with Crippen molar-refractivity contribution in [3.63, 3.8) is 0 Å². The quantitative estimate of drug-likeness (QED) is 0.736. The van der Waals surface area contributed by atoms with E-state index < -0.39 is 0 Å². The molecule has 1 fully saturated rings. The first kappa shape index (κ1) is 24.4. The highest BCUT2D eigenvalue weighted by Gasteiger charge is 2.10. The van der Waals surface area contributed by atoms with Crippen LogP contribution in [0.15, 0.2) is 30.3 Å². The van der Waals surface area contributed by atoms with Crippen molar-refractivity contribution in [3.8, 4) is 11.3 Å². The number of nitrogens with two attached hydrogens (primary N) is 1. The second-order valence-corrected chi connectivity index (χ2v) is 5.76. The van der Waals surface area contributed by atoms with Gasteiger partial charge in [-0.2, -0.15) is 0 Å². The van der Waals surface area contributed by atoms with Gasteiger partial charge in [-0.15, -0.1) is 35.0 Å². The molecule has 9 heteroatoms. The molecule has 3 rings (SSSR count). The summed E-state index contributed by atoms with van der Waals surface area (Å²) in [6.07, 6.45) is 0. The van der Waals surface area contributed by atoms with Crippen molar-refractivity contribution in [2.45, 2.75) is 6.92 Å². The van der Waals surface area contributed by atoms with Crippen molar-refractivity contribution in [1.82, 2.24) is 15.1 Å². The third-order valence-electron chi connectivity index (χ3n) is 4.02. The van der Waals surface area contributed by atoms with Gasteiger partial charge in [-0.05, 0) is 30.7 Å². The van der Waals surface area contributed by atoms with Crippen LogP contribution >= 0.6 is 24.8 Å².